The van der Waals surface area contributed by atoms with E-state index in [9.17, 15) is 4.79 Å². The molecule has 7 heteroatoms. The largest absolute Gasteiger partial charge is 0.490 e. The molecule has 4 atom stereocenters. The number of nitrogens with zero attached hydrogens (tertiary/aromatic N) is 2. The minimum absolute atomic E-state index is 0.0467. The Morgan fingerprint density at radius 3 is 2.37 bits per heavy atom. The Bertz CT molecular complexity index is 1530. The molecule has 1 aromatic heterocycles. The molecule has 2 N–H and O–H groups in total. The fourth-order valence-corrected chi connectivity index (χ4v) is 7.30. The summed E-state index contributed by atoms with van der Waals surface area (Å²) in [7, 11) is 0. The number of piperidine rings is 1. The van der Waals surface area contributed by atoms with E-state index in [1.165, 1.54) is 18.4 Å². The lowest BCUT2D eigenvalue weighted by Crippen LogP contribution is -2.57. The molecule has 210 valence electrons. The second-order valence-corrected chi connectivity index (χ2v) is 12.3. The smallest absolute Gasteiger partial charge is 0.251 e. The molecule has 4 aliphatic rings. The standard InChI is InChI=1S/C34H36N4O3/c39-34(35-32(22-6-7-22)21-4-2-1-3-5-21)24-10-15-31-30(16-24)33(37-36-31)23-8-13-28(14-9-23)41-29-17-25-11-12-26(18-29)38(25)27-19-40-20-27/h1-5,8-10,13-16,22,25-27,29,32H,6-7,11-12,17-20H2,(H,35,39)(H,36,37)/t25-,26+,29?,32?. The van der Waals surface area contributed by atoms with Gasteiger partial charge in [0.15, 0.2) is 0 Å². The number of H-pyrrole nitrogens is 1. The number of amides is 1. The van der Waals surface area contributed by atoms with Crippen LogP contribution in [0.3, 0.4) is 0 Å². The van der Waals surface area contributed by atoms with Gasteiger partial charge in [0.25, 0.3) is 5.91 Å². The third-order valence-corrected chi connectivity index (χ3v) is 9.58. The second kappa shape index (κ2) is 10.3. The average Bonchev–Trinajstić information content (AvgIpc) is 3.68. The Morgan fingerprint density at radius 1 is 0.927 bits per heavy atom. The first-order valence-electron chi connectivity index (χ1n) is 15.2. The number of rotatable bonds is 8. The molecule has 1 saturated carbocycles. The van der Waals surface area contributed by atoms with Crippen molar-refractivity contribution in [3.8, 4) is 17.0 Å². The molecule has 4 fully saturated rings. The molecule has 4 aromatic rings. The van der Waals surface area contributed by atoms with Crippen molar-refractivity contribution < 1.29 is 14.3 Å². The molecule has 2 bridgehead atoms. The Balaban J connectivity index is 0.970. The maximum absolute atomic E-state index is 13.4. The van der Waals surface area contributed by atoms with E-state index in [0.717, 1.165) is 66.8 Å². The lowest BCUT2D eigenvalue weighted by Gasteiger charge is -2.46. The average molecular weight is 549 g/mol. The third kappa shape index (κ3) is 4.81. The van der Waals surface area contributed by atoms with Gasteiger partial charge >= 0.3 is 0 Å². The predicted octanol–water partition coefficient (Wildman–Crippen LogP) is 5.88. The van der Waals surface area contributed by atoms with Crippen LogP contribution in [-0.2, 0) is 4.74 Å². The zero-order chi connectivity index (χ0) is 27.3. The number of hydrogen-bond donors (Lipinski definition) is 2. The molecular formula is C34H36N4O3. The number of hydrogen-bond acceptors (Lipinski definition) is 5. The molecule has 1 aliphatic carbocycles. The summed E-state index contributed by atoms with van der Waals surface area (Å²) < 4.78 is 11.9. The van der Waals surface area contributed by atoms with E-state index in [1.54, 1.807) is 0 Å². The third-order valence-electron chi connectivity index (χ3n) is 9.58. The molecule has 3 aromatic carbocycles. The topological polar surface area (TPSA) is 79.5 Å². The number of carbonyl (C=O) groups excluding carboxylic acids is 1. The first kappa shape index (κ1) is 25.1. The Hall–Kier alpha value is -3.68. The Morgan fingerprint density at radius 2 is 1.68 bits per heavy atom. The van der Waals surface area contributed by atoms with Crippen molar-refractivity contribution in [1.82, 2.24) is 20.4 Å². The maximum atomic E-state index is 13.4. The predicted molar refractivity (Wildman–Crippen MR) is 158 cm³/mol. The summed E-state index contributed by atoms with van der Waals surface area (Å²) in [6, 6.07) is 26.3. The molecule has 2 unspecified atom stereocenters. The Labute approximate surface area is 240 Å². The number of carbonyl (C=O) groups is 1. The van der Waals surface area contributed by atoms with Crippen molar-refractivity contribution in [2.75, 3.05) is 13.2 Å². The van der Waals surface area contributed by atoms with Crippen LogP contribution in [0.2, 0.25) is 0 Å². The molecular weight excluding hydrogens is 512 g/mol. The molecule has 4 heterocycles. The van der Waals surface area contributed by atoms with Gasteiger partial charge in [-0.1, -0.05) is 30.3 Å². The number of aromatic nitrogens is 2. The van der Waals surface area contributed by atoms with Crippen LogP contribution >= 0.6 is 0 Å². The second-order valence-electron chi connectivity index (χ2n) is 12.3. The van der Waals surface area contributed by atoms with E-state index in [4.69, 9.17) is 9.47 Å². The maximum Gasteiger partial charge on any atom is 0.251 e. The van der Waals surface area contributed by atoms with Crippen LogP contribution in [0.4, 0.5) is 0 Å². The first-order valence-corrected chi connectivity index (χ1v) is 15.2. The number of aromatic amines is 1. The van der Waals surface area contributed by atoms with E-state index < -0.39 is 0 Å². The number of fused-ring (bicyclic) bond motifs is 3. The van der Waals surface area contributed by atoms with E-state index in [-0.39, 0.29) is 18.1 Å². The lowest BCUT2D eigenvalue weighted by atomic mass is 9.96. The van der Waals surface area contributed by atoms with Crippen molar-refractivity contribution in [3.63, 3.8) is 0 Å². The van der Waals surface area contributed by atoms with E-state index >= 15 is 0 Å². The van der Waals surface area contributed by atoms with Gasteiger partial charge in [0.2, 0.25) is 0 Å². The van der Waals surface area contributed by atoms with Crippen molar-refractivity contribution in [2.45, 2.75) is 68.8 Å². The summed E-state index contributed by atoms with van der Waals surface area (Å²) in [6.45, 7) is 1.78. The minimum atomic E-state index is -0.0478. The highest BCUT2D eigenvalue weighted by atomic mass is 16.5. The zero-order valence-corrected chi connectivity index (χ0v) is 23.2. The molecule has 3 saturated heterocycles. The highest BCUT2D eigenvalue weighted by Gasteiger charge is 2.46. The van der Waals surface area contributed by atoms with Gasteiger partial charge in [-0.15, -0.1) is 0 Å². The van der Waals surface area contributed by atoms with Crippen molar-refractivity contribution >= 4 is 16.8 Å². The van der Waals surface area contributed by atoms with Gasteiger partial charge < -0.3 is 14.8 Å². The SMILES string of the molecule is O=C(NC(c1ccccc1)C1CC1)c1ccc2[nH]nc(-c3ccc(OC4C[C@H]5CC[C@@H](C4)N5C4COC4)cc3)c2c1. The summed E-state index contributed by atoms with van der Waals surface area (Å²) in [5, 5.41) is 12.0. The van der Waals surface area contributed by atoms with Crippen LogP contribution in [0.1, 0.15) is 60.5 Å². The van der Waals surface area contributed by atoms with Gasteiger partial charge in [-0.25, -0.2) is 0 Å². The van der Waals surface area contributed by atoms with Gasteiger partial charge in [0.1, 0.15) is 11.9 Å². The molecule has 7 nitrogen and oxygen atoms in total. The van der Waals surface area contributed by atoms with Gasteiger partial charge in [-0.05, 0) is 92.5 Å². The molecule has 0 radical (unpaired) electrons. The number of nitrogens with one attached hydrogen (secondary N) is 2. The van der Waals surface area contributed by atoms with Gasteiger partial charge in [-0.3, -0.25) is 14.8 Å². The summed E-state index contributed by atoms with van der Waals surface area (Å²) >= 11 is 0. The summed E-state index contributed by atoms with van der Waals surface area (Å²) in [5.41, 5.74) is 4.58. The fourth-order valence-electron chi connectivity index (χ4n) is 7.30. The summed E-state index contributed by atoms with van der Waals surface area (Å²) in [4.78, 5) is 16.1. The first-order chi connectivity index (χ1) is 20.2. The van der Waals surface area contributed by atoms with Crippen LogP contribution in [0, 0.1) is 5.92 Å². The molecule has 8 rings (SSSR count). The molecule has 0 spiro atoms. The van der Waals surface area contributed by atoms with Crippen molar-refractivity contribution in [2.24, 2.45) is 5.92 Å². The van der Waals surface area contributed by atoms with Crippen LogP contribution in [0.5, 0.6) is 5.75 Å². The summed E-state index contributed by atoms with van der Waals surface area (Å²) in [5.74, 6) is 1.37. The monoisotopic (exact) mass is 548 g/mol. The van der Waals surface area contributed by atoms with E-state index in [2.05, 4.69) is 56.8 Å². The van der Waals surface area contributed by atoms with Crippen LogP contribution in [-0.4, -0.2) is 58.4 Å². The minimum Gasteiger partial charge on any atom is -0.490 e. The van der Waals surface area contributed by atoms with Crippen LogP contribution in [0.25, 0.3) is 22.2 Å². The normalized spacial score (nSPS) is 25.1. The fraction of sp³-hybridized carbons (Fsp3) is 0.412. The highest BCUT2D eigenvalue weighted by molar-refractivity contribution is 6.01. The van der Waals surface area contributed by atoms with Gasteiger partial charge in [0.05, 0.1) is 36.5 Å². The van der Waals surface area contributed by atoms with E-state index in [0.29, 0.717) is 29.6 Å². The number of benzene rings is 3. The number of ether oxygens (including phenoxy) is 2. The van der Waals surface area contributed by atoms with Crippen molar-refractivity contribution in [1.29, 1.82) is 0 Å². The van der Waals surface area contributed by atoms with Crippen LogP contribution in [0.15, 0.2) is 72.8 Å². The Kier molecular flexibility index (Phi) is 6.30. The van der Waals surface area contributed by atoms with Gasteiger partial charge in [0, 0.05) is 28.6 Å². The van der Waals surface area contributed by atoms with Crippen LogP contribution < -0.4 is 10.1 Å². The molecule has 41 heavy (non-hydrogen) atoms. The quantitative estimate of drug-likeness (QED) is 0.287. The highest BCUT2D eigenvalue weighted by Crippen LogP contribution is 2.42. The molecule has 1 amide bonds. The van der Waals surface area contributed by atoms with Gasteiger partial charge in [-0.2, -0.15) is 5.10 Å². The van der Waals surface area contributed by atoms with Crippen molar-refractivity contribution in [3.05, 3.63) is 83.9 Å². The zero-order valence-electron chi connectivity index (χ0n) is 23.2. The summed E-state index contributed by atoms with van der Waals surface area (Å²) in [6.07, 6.45) is 7.31. The lowest BCUT2D eigenvalue weighted by molar-refractivity contribution is -0.102. The van der Waals surface area contributed by atoms with E-state index in [1.807, 2.05) is 36.4 Å². The molecule has 3 aliphatic heterocycles.